The number of azo groups is 2. The van der Waals surface area contributed by atoms with Gasteiger partial charge in [-0.25, -0.2) is 9.98 Å². The van der Waals surface area contributed by atoms with Gasteiger partial charge in [0.15, 0.2) is 11.5 Å². The van der Waals surface area contributed by atoms with Gasteiger partial charge < -0.3 is 26.1 Å². The van der Waals surface area contributed by atoms with Crippen LogP contribution >= 0.6 is 0 Å². The van der Waals surface area contributed by atoms with E-state index in [0.29, 0.717) is 33.4 Å². The van der Waals surface area contributed by atoms with Gasteiger partial charge >= 0.3 is 0 Å². The summed E-state index contributed by atoms with van der Waals surface area (Å²) in [5.74, 6) is -0.819. The number of phenols is 2. The van der Waals surface area contributed by atoms with Crippen LogP contribution < -0.4 is 31.9 Å². The number of Topliss-reactive ketones (excluding diaryl/α,β-unsaturated/α-hetero) is 1. The predicted molar refractivity (Wildman–Crippen MR) is 229 cm³/mol. The Morgan fingerprint density at radius 1 is 0.774 bits per heavy atom. The summed E-state index contributed by atoms with van der Waals surface area (Å²) >= 11 is 0. The maximum absolute atomic E-state index is 14.1. The van der Waals surface area contributed by atoms with Crippen molar-refractivity contribution >= 4 is 88.5 Å². The van der Waals surface area contributed by atoms with Gasteiger partial charge in [0, 0.05) is 39.3 Å². The number of nitrogen functional groups attached to an aromatic ring is 1. The number of ketones is 1. The molecule has 1 aliphatic carbocycles. The highest BCUT2D eigenvalue weighted by molar-refractivity contribution is 7.90. The number of anilines is 3. The maximum atomic E-state index is 14.1. The number of aromatic hydroxyl groups is 2. The molecule has 8 rings (SSSR count). The summed E-state index contributed by atoms with van der Waals surface area (Å²) in [5.41, 5.74) is 12.8. The van der Waals surface area contributed by atoms with Gasteiger partial charge in [-0.1, -0.05) is 36.4 Å². The number of nitrogens with zero attached hydrogens (tertiary/aromatic N) is 6. The number of hydrogen-bond acceptors (Lipinski definition) is 17. The lowest BCUT2D eigenvalue weighted by Gasteiger charge is -2.13. The standard InChI is InChI=1S/C41H31N9O10S2/c1-2-60-34-20-32(48-46-23-10-13-29(42)35(17-23)61(54,55)56)25-8-3-4-9-26(25)38(34)49-50-39-36(62(57,58)59)19-28-27(40(39)53)12-15-31-37(28)44-41(43-31)21-6-5-7-22(16-21)45-47-30-14-11-24(51)18-33(30)52/h3-20,45,47,51-52H,2,42H2,1H3,(H,54,55,56)(H,57,58,59). The first kappa shape index (κ1) is 40.9. The molecule has 0 atom stereocenters. The van der Waals surface area contributed by atoms with Gasteiger partial charge in [0.2, 0.25) is 5.78 Å². The molecule has 6 aromatic carbocycles. The highest BCUT2D eigenvalue weighted by Gasteiger charge is 2.31. The molecule has 62 heavy (non-hydrogen) atoms. The first-order valence-corrected chi connectivity index (χ1v) is 21.1. The van der Waals surface area contributed by atoms with Gasteiger partial charge in [-0.2, -0.15) is 21.9 Å². The van der Waals surface area contributed by atoms with Gasteiger partial charge in [-0.3, -0.25) is 19.3 Å². The lowest BCUT2D eigenvalue weighted by molar-refractivity contribution is 0.103. The summed E-state index contributed by atoms with van der Waals surface area (Å²) in [4.78, 5) is 22.0. The number of benzene rings is 6. The molecule has 0 saturated heterocycles. The molecule has 1 heterocycles. The van der Waals surface area contributed by atoms with Crippen LogP contribution in [0, 0.1) is 0 Å². The number of nitrogens with two attached hydrogens (primary N) is 1. The van der Waals surface area contributed by atoms with E-state index in [9.17, 15) is 40.9 Å². The number of ether oxygens (including phenoxy) is 1. The SMILES string of the molecule is CCOc1cc(N=Nc2ccc(N)c(S(=O)(=O)O)c2)c2ccccc2c1N=NC1=C(S(=O)(=O)O)C=c2c(ccc3c2=NC(c2cccc(NNc4ccc(O)cc4O)c2)=N3)C1=O. The van der Waals surface area contributed by atoms with Crippen molar-refractivity contribution in [2.24, 2.45) is 30.4 Å². The van der Waals surface area contributed by atoms with Crippen LogP contribution in [0.15, 0.2) is 149 Å². The summed E-state index contributed by atoms with van der Waals surface area (Å²) in [5, 5.41) is 37.6. The Morgan fingerprint density at radius 3 is 2.31 bits per heavy atom. The van der Waals surface area contributed by atoms with Crippen molar-refractivity contribution in [1.82, 2.24) is 0 Å². The fourth-order valence-corrected chi connectivity index (χ4v) is 7.82. The van der Waals surface area contributed by atoms with Crippen LogP contribution in [0.5, 0.6) is 17.2 Å². The second-order valence-corrected chi connectivity index (χ2v) is 16.2. The van der Waals surface area contributed by atoms with E-state index in [1.165, 1.54) is 42.5 Å². The quantitative estimate of drug-likeness (QED) is 0.0164. The zero-order valence-corrected chi connectivity index (χ0v) is 33.5. The fraction of sp³-hybridized carbons (Fsp3) is 0.0488. The van der Waals surface area contributed by atoms with Crippen LogP contribution in [-0.4, -0.2) is 54.4 Å². The van der Waals surface area contributed by atoms with Crippen LogP contribution in [0.4, 0.5) is 39.8 Å². The fourth-order valence-electron chi connectivity index (χ4n) is 6.54. The van der Waals surface area contributed by atoms with E-state index in [1.54, 1.807) is 61.5 Å². The second kappa shape index (κ2) is 16.0. The number of carbonyl (C=O) groups is 1. The molecule has 0 radical (unpaired) electrons. The highest BCUT2D eigenvalue weighted by atomic mass is 32.2. The smallest absolute Gasteiger partial charge is 0.296 e. The number of fused-ring (bicyclic) bond motifs is 4. The van der Waals surface area contributed by atoms with Gasteiger partial charge in [0.25, 0.3) is 20.2 Å². The number of carbonyl (C=O) groups excluding carboxylic acids is 1. The number of hydrazine groups is 1. The lowest BCUT2D eigenvalue weighted by atomic mass is 9.99. The Kier molecular flexibility index (Phi) is 10.5. The molecule has 0 amide bonds. The number of hydrogen-bond donors (Lipinski definition) is 7. The Hall–Kier alpha value is -7.85. The first-order chi connectivity index (χ1) is 29.6. The van der Waals surface area contributed by atoms with Gasteiger partial charge in [0.1, 0.15) is 32.7 Å². The Morgan fingerprint density at radius 2 is 1.56 bits per heavy atom. The van der Waals surface area contributed by atoms with Crippen molar-refractivity contribution in [3.8, 4) is 17.2 Å². The number of rotatable bonds is 12. The lowest BCUT2D eigenvalue weighted by Crippen LogP contribution is -2.35. The zero-order valence-electron chi connectivity index (χ0n) is 31.9. The Labute approximate surface area is 351 Å². The minimum atomic E-state index is -5.09. The van der Waals surface area contributed by atoms with E-state index in [0.717, 1.165) is 12.1 Å². The zero-order chi connectivity index (χ0) is 43.9. The summed E-state index contributed by atoms with van der Waals surface area (Å²) < 4.78 is 75.3. The molecule has 312 valence electrons. The maximum Gasteiger partial charge on any atom is 0.296 e. The summed E-state index contributed by atoms with van der Waals surface area (Å²) in [6.07, 6.45) is 1.09. The van der Waals surface area contributed by atoms with E-state index in [2.05, 4.69) is 41.3 Å². The molecule has 19 nitrogen and oxygen atoms in total. The second-order valence-electron chi connectivity index (χ2n) is 13.5. The van der Waals surface area contributed by atoms with Crippen molar-refractivity contribution in [3.05, 3.63) is 135 Å². The van der Waals surface area contributed by atoms with Crippen LogP contribution in [0.3, 0.4) is 0 Å². The third kappa shape index (κ3) is 8.05. The van der Waals surface area contributed by atoms with E-state index >= 15 is 0 Å². The molecule has 0 aromatic heterocycles. The molecule has 0 saturated carbocycles. The number of phenolic OH excluding ortho intramolecular Hbond substituents is 2. The van der Waals surface area contributed by atoms with Crippen molar-refractivity contribution < 1.29 is 45.7 Å². The molecule has 6 aromatic rings. The van der Waals surface area contributed by atoms with Gasteiger partial charge in [-0.15, -0.1) is 15.3 Å². The Bertz CT molecular complexity index is 3390. The van der Waals surface area contributed by atoms with Crippen LogP contribution in [-0.2, 0) is 20.2 Å². The average molecular weight is 874 g/mol. The minimum absolute atomic E-state index is 0.0177. The average Bonchev–Trinajstić information content (AvgIpc) is 3.68. The van der Waals surface area contributed by atoms with Crippen LogP contribution in [0.1, 0.15) is 22.8 Å². The van der Waals surface area contributed by atoms with Crippen molar-refractivity contribution in [2.75, 3.05) is 23.2 Å². The molecule has 8 N–H and O–H groups in total. The van der Waals surface area contributed by atoms with Crippen LogP contribution in [0.25, 0.3) is 16.8 Å². The van der Waals surface area contributed by atoms with Crippen molar-refractivity contribution in [3.63, 3.8) is 0 Å². The third-order valence-electron chi connectivity index (χ3n) is 9.39. The normalized spacial score (nSPS) is 13.8. The van der Waals surface area contributed by atoms with Gasteiger partial charge in [0.05, 0.1) is 46.1 Å². The first-order valence-electron chi connectivity index (χ1n) is 18.2. The summed E-state index contributed by atoms with van der Waals surface area (Å²) in [6, 6.07) is 25.8. The molecule has 0 spiro atoms. The van der Waals surface area contributed by atoms with E-state index in [4.69, 9.17) is 10.5 Å². The molecule has 0 bridgehead atoms. The molecule has 1 aliphatic heterocycles. The minimum Gasteiger partial charge on any atom is -0.508 e. The summed E-state index contributed by atoms with van der Waals surface area (Å²) in [6.45, 7) is 1.83. The van der Waals surface area contributed by atoms with E-state index < -0.39 is 41.5 Å². The number of aliphatic imine (C=N–C) groups is 1. The van der Waals surface area contributed by atoms with E-state index in [1.807, 2.05) is 0 Å². The van der Waals surface area contributed by atoms with Crippen molar-refractivity contribution in [2.45, 2.75) is 11.8 Å². The molecular weight excluding hydrogens is 843 g/mol. The van der Waals surface area contributed by atoms with Crippen LogP contribution in [0.2, 0.25) is 0 Å². The largest absolute Gasteiger partial charge is 0.508 e. The molecular formula is C41H31N9O10S2. The topological polar surface area (TPSA) is 300 Å². The number of amidine groups is 1. The molecule has 21 heteroatoms. The third-order valence-corrected chi connectivity index (χ3v) is 11.2. The highest BCUT2D eigenvalue weighted by Crippen LogP contribution is 2.43. The molecule has 0 fully saturated rings. The number of nitrogens with one attached hydrogen (secondary N) is 2. The molecule has 2 aliphatic rings. The van der Waals surface area contributed by atoms with Crippen molar-refractivity contribution in [1.29, 1.82) is 0 Å². The van der Waals surface area contributed by atoms with Gasteiger partial charge in [-0.05, 0) is 67.6 Å². The molecule has 0 unspecified atom stereocenters. The monoisotopic (exact) mass is 873 g/mol. The van der Waals surface area contributed by atoms with E-state index in [-0.39, 0.29) is 68.6 Å². The number of allylic oxidation sites excluding steroid dienone is 2. The summed E-state index contributed by atoms with van der Waals surface area (Å²) in [7, 11) is -9.74. The predicted octanol–water partition coefficient (Wildman–Crippen LogP) is 6.90. The Balaban J connectivity index is 1.16.